The smallest absolute Gasteiger partial charge is 0.337 e. The van der Waals surface area contributed by atoms with Crippen LogP contribution in [0.3, 0.4) is 0 Å². The van der Waals surface area contributed by atoms with Gasteiger partial charge in [-0.3, -0.25) is 10.1 Å². The van der Waals surface area contributed by atoms with Crippen LogP contribution < -0.4 is 20.1 Å². The minimum Gasteiger partial charge on any atom is -0.493 e. The Morgan fingerprint density at radius 1 is 0.755 bits per heavy atom. The van der Waals surface area contributed by atoms with Crippen LogP contribution in [0.4, 0.5) is 17.1 Å². The molecule has 4 N–H and O–H groups in total. The van der Waals surface area contributed by atoms with Gasteiger partial charge in [0.2, 0.25) is 0 Å². The van der Waals surface area contributed by atoms with E-state index in [1.165, 1.54) is 26.4 Å². The second kappa shape index (κ2) is 17.1. The van der Waals surface area contributed by atoms with Crippen LogP contribution in [0.5, 0.6) is 11.5 Å². The summed E-state index contributed by atoms with van der Waals surface area (Å²) in [6, 6.07) is 23.2. The summed E-state index contributed by atoms with van der Waals surface area (Å²) < 4.78 is 16.8. The fraction of sp³-hybridized carbons (Fsp3) is 0.250. The molecule has 0 aliphatic heterocycles. The topological polar surface area (TPSA) is 171 Å². The average Bonchev–Trinajstić information content (AvgIpc) is 3.10. The van der Waals surface area contributed by atoms with Gasteiger partial charge in [0.25, 0.3) is 5.91 Å². The van der Waals surface area contributed by atoms with Crippen molar-refractivity contribution >= 4 is 34.9 Å². The lowest BCUT2D eigenvalue weighted by molar-refractivity contribution is -0.282. The van der Waals surface area contributed by atoms with Crippen LogP contribution in [-0.4, -0.2) is 55.6 Å². The second-order valence-electron chi connectivity index (χ2n) is 11.6. The first kappa shape index (κ1) is 36.4. The summed E-state index contributed by atoms with van der Waals surface area (Å²) in [5.74, 6) is -1.07. The van der Waals surface area contributed by atoms with Crippen molar-refractivity contribution in [3.63, 3.8) is 0 Å². The lowest BCUT2D eigenvalue weighted by atomic mass is 9.96. The Morgan fingerprint density at radius 3 is 1.96 bits per heavy atom. The molecule has 0 saturated heterocycles. The van der Waals surface area contributed by atoms with E-state index in [-0.39, 0.29) is 29.8 Å². The number of hydrogen-bond donors (Lipinski definition) is 4. The number of carboxylic acid groups (broad SMARTS) is 1. The lowest BCUT2D eigenvalue weighted by Crippen LogP contribution is -2.28. The molecule has 4 aromatic carbocycles. The molecule has 13 nitrogen and oxygen atoms in total. The number of aromatic carboxylic acids is 1. The average molecular weight is 675 g/mol. The van der Waals surface area contributed by atoms with Crippen molar-refractivity contribution < 1.29 is 53.6 Å². The molecule has 1 amide bonds. The molecular weight excluding hydrogens is 636 g/mol. The standard InChI is InChI=1S/C36H38N2O11/c1-36(2,21-46-28-12-8-26(9-13-28)37-32-18-24(35(42)44-3)6-7-25(32)20-48-43)22-47-29-14-10-27(11-15-29)38-33(39)31-17-23(19-49-45-4)5-16-30(31)34(40)41/h5-18,37,43H,19-22H2,1-4H3,(H,38,39)(H,40,41). The molecule has 258 valence electrons. The van der Waals surface area contributed by atoms with E-state index in [1.54, 1.807) is 48.5 Å². The van der Waals surface area contributed by atoms with Gasteiger partial charge >= 0.3 is 11.9 Å². The summed E-state index contributed by atoms with van der Waals surface area (Å²) in [7, 11) is 2.66. The first-order chi connectivity index (χ1) is 23.5. The Hall–Kier alpha value is -5.47. The molecule has 0 aliphatic carbocycles. The van der Waals surface area contributed by atoms with Gasteiger partial charge in [0, 0.05) is 28.0 Å². The van der Waals surface area contributed by atoms with Gasteiger partial charge in [0.15, 0.2) is 0 Å². The lowest BCUT2D eigenvalue weighted by Gasteiger charge is -2.25. The molecule has 0 bridgehead atoms. The highest BCUT2D eigenvalue weighted by atomic mass is 17.2. The number of benzene rings is 4. The van der Waals surface area contributed by atoms with E-state index in [1.807, 2.05) is 38.1 Å². The van der Waals surface area contributed by atoms with Gasteiger partial charge in [-0.05, 0) is 78.4 Å². The van der Waals surface area contributed by atoms with Gasteiger partial charge in [-0.25, -0.2) is 24.3 Å². The van der Waals surface area contributed by atoms with Crippen molar-refractivity contribution in [3.8, 4) is 11.5 Å². The zero-order valence-electron chi connectivity index (χ0n) is 27.5. The molecule has 0 saturated carbocycles. The van der Waals surface area contributed by atoms with Gasteiger partial charge in [0.1, 0.15) is 24.7 Å². The van der Waals surface area contributed by atoms with E-state index in [4.69, 9.17) is 24.4 Å². The van der Waals surface area contributed by atoms with Crippen LogP contribution in [0.25, 0.3) is 0 Å². The fourth-order valence-corrected chi connectivity index (χ4v) is 4.54. The fourth-order valence-electron chi connectivity index (χ4n) is 4.54. The molecule has 0 atom stereocenters. The highest BCUT2D eigenvalue weighted by Crippen LogP contribution is 2.27. The van der Waals surface area contributed by atoms with Gasteiger partial charge in [-0.15, -0.1) is 0 Å². The Balaban J connectivity index is 1.30. The molecule has 13 heteroatoms. The number of carboxylic acids is 1. The highest BCUT2D eigenvalue weighted by molar-refractivity contribution is 6.10. The van der Waals surface area contributed by atoms with Crippen molar-refractivity contribution in [1.82, 2.24) is 0 Å². The largest absolute Gasteiger partial charge is 0.493 e. The van der Waals surface area contributed by atoms with Crippen LogP contribution in [-0.2, 0) is 32.6 Å². The number of esters is 1. The Morgan fingerprint density at radius 2 is 1.39 bits per heavy atom. The van der Waals surface area contributed by atoms with E-state index >= 15 is 0 Å². The van der Waals surface area contributed by atoms with E-state index < -0.39 is 17.8 Å². The molecule has 49 heavy (non-hydrogen) atoms. The Kier molecular flexibility index (Phi) is 12.7. The Labute approximate surface area is 283 Å². The van der Waals surface area contributed by atoms with Crippen LogP contribution in [0.15, 0.2) is 84.9 Å². The zero-order chi connectivity index (χ0) is 35.4. The number of carbonyl (C=O) groups is 3. The van der Waals surface area contributed by atoms with Crippen LogP contribution in [0.2, 0.25) is 0 Å². The van der Waals surface area contributed by atoms with Crippen LogP contribution >= 0.6 is 0 Å². The van der Waals surface area contributed by atoms with Crippen LogP contribution in [0, 0.1) is 5.41 Å². The van der Waals surface area contributed by atoms with Gasteiger partial charge < -0.3 is 30.0 Å². The van der Waals surface area contributed by atoms with Crippen molar-refractivity contribution in [3.05, 3.63) is 113 Å². The molecule has 0 unspecified atom stereocenters. The predicted octanol–water partition coefficient (Wildman–Crippen LogP) is 6.72. The van der Waals surface area contributed by atoms with Crippen molar-refractivity contribution in [2.45, 2.75) is 27.1 Å². The molecule has 0 aromatic heterocycles. The maximum absolute atomic E-state index is 13.0. The quantitative estimate of drug-likeness (QED) is 0.0530. The molecule has 4 rings (SSSR count). The first-order valence-electron chi connectivity index (χ1n) is 15.1. The summed E-state index contributed by atoms with van der Waals surface area (Å²) in [4.78, 5) is 50.4. The van der Waals surface area contributed by atoms with E-state index in [2.05, 4.69) is 20.4 Å². The number of rotatable bonds is 17. The maximum Gasteiger partial charge on any atom is 0.337 e. The number of anilines is 3. The second-order valence-corrected chi connectivity index (χ2v) is 11.6. The molecule has 0 fully saturated rings. The number of methoxy groups -OCH3 is 1. The highest BCUT2D eigenvalue weighted by Gasteiger charge is 2.21. The molecular formula is C36H38N2O11. The first-order valence-corrected chi connectivity index (χ1v) is 15.1. The van der Waals surface area contributed by atoms with Gasteiger partial charge in [-0.2, -0.15) is 0 Å². The predicted molar refractivity (Wildman–Crippen MR) is 179 cm³/mol. The van der Waals surface area contributed by atoms with E-state index in [0.29, 0.717) is 52.8 Å². The monoisotopic (exact) mass is 674 g/mol. The molecule has 4 aromatic rings. The van der Waals surface area contributed by atoms with Crippen molar-refractivity contribution in [1.29, 1.82) is 0 Å². The minimum absolute atomic E-state index is 0.00890. The summed E-state index contributed by atoms with van der Waals surface area (Å²) in [5.41, 5.74) is 2.80. The summed E-state index contributed by atoms with van der Waals surface area (Å²) in [5, 5.41) is 24.4. The SMILES string of the molecule is COOCc1ccc(C(=O)O)c(C(=O)Nc2ccc(OCC(C)(C)COc3ccc(Nc4cc(C(=O)OC)ccc4COO)cc3)cc2)c1. The van der Waals surface area contributed by atoms with E-state index in [0.717, 1.165) is 5.69 Å². The molecule has 0 heterocycles. The number of ether oxygens (including phenoxy) is 3. The molecule has 0 spiro atoms. The summed E-state index contributed by atoms with van der Waals surface area (Å²) in [6.07, 6.45) is 0. The van der Waals surface area contributed by atoms with E-state index in [9.17, 15) is 19.5 Å². The van der Waals surface area contributed by atoms with Gasteiger partial charge in [-0.1, -0.05) is 26.0 Å². The minimum atomic E-state index is -1.22. The third kappa shape index (κ3) is 10.5. The number of hydrogen-bond acceptors (Lipinski definition) is 11. The van der Waals surface area contributed by atoms with Crippen LogP contribution in [0.1, 0.15) is 56.0 Å². The molecule has 0 radical (unpaired) electrons. The number of carbonyl (C=O) groups excluding carboxylic acids is 2. The Bertz CT molecular complexity index is 1740. The normalized spacial score (nSPS) is 11.0. The van der Waals surface area contributed by atoms with Crippen molar-refractivity contribution in [2.75, 3.05) is 38.1 Å². The maximum atomic E-state index is 13.0. The van der Waals surface area contributed by atoms with Crippen molar-refractivity contribution in [2.24, 2.45) is 5.41 Å². The van der Waals surface area contributed by atoms with Gasteiger partial charge in [0.05, 0.1) is 44.1 Å². The number of nitrogens with one attached hydrogen (secondary N) is 2. The summed E-state index contributed by atoms with van der Waals surface area (Å²) in [6.45, 7) is 4.68. The summed E-state index contributed by atoms with van der Waals surface area (Å²) >= 11 is 0. The molecule has 0 aliphatic rings. The third-order valence-electron chi connectivity index (χ3n) is 7.16. The number of amides is 1. The third-order valence-corrected chi connectivity index (χ3v) is 7.16. The zero-order valence-corrected chi connectivity index (χ0v) is 27.5.